The zero-order valence-electron chi connectivity index (χ0n) is 12.7. The molecule has 1 aromatic heterocycles. The SMILES string of the molecule is CC(NC(=O)CC1Sc2ccccc2NC1=O)c1cccnc1. The second-order valence-electron chi connectivity index (χ2n) is 5.37. The molecule has 2 atom stereocenters. The van der Waals surface area contributed by atoms with Gasteiger partial charge in [0.05, 0.1) is 17.0 Å². The van der Waals surface area contributed by atoms with Crippen LogP contribution in [0.5, 0.6) is 0 Å². The topological polar surface area (TPSA) is 71.1 Å². The summed E-state index contributed by atoms with van der Waals surface area (Å²) in [5.41, 5.74) is 1.75. The van der Waals surface area contributed by atoms with Crippen molar-refractivity contribution in [1.29, 1.82) is 0 Å². The van der Waals surface area contributed by atoms with E-state index in [1.807, 2.05) is 43.3 Å². The monoisotopic (exact) mass is 327 g/mol. The third-order valence-electron chi connectivity index (χ3n) is 3.64. The number of amides is 2. The minimum atomic E-state index is -0.411. The van der Waals surface area contributed by atoms with Crippen molar-refractivity contribution in [2.24, 2.45) is 0 Å². The lowest BCUT2D eigenvalue weighted by Crippen LogP contribution is -2.35. The second kappa shape index (κ2) is 6.83. The van der Waals surface area contributed by atoms with Crippen LogP contribution < -0.4 is 10.6 Å². The van der Waals surface area contributed by atoms with Gasteiger partial charge >= 0.3 is 0 Å². The quantitative estimate of drug-likeness (QED) is 0.906. The van der Waals surface area contributed by atoms with Crippen molar-refractivity contribution in [1.82, 2.24) is 10.3 Å². The van der Waals surface area contributed by atoms with Crippen molar-refractivity contribution in [2.45, 2.75) is 29.5 Å². The number of para-hydroxylation sites is 1. The number of thioether (sulfide) groups is 1. The predicted molar refractivity (Wildman–Crippen MR) is 90.1 cm³/mol. The Hall–Kier alpha value is -2.34. The molecule has 118 valence electrons. The predicted octanol–water partition coefficient (Wildman–Crippen LogP) is 2.76. The summed E-state index contributed by atoms with van der Waals surface area (Å²) in [5, 5.41) is 5.36. The van der Waals surface area contributed by atoms with Gasteiger partial charge in [0.15, 0.2) is 0 Å². The molecule has 1 aromatic carbocycles. The molecule has 1 aliphatic heterocycles. The van der Waals surface area contributed by atoms with Gasteiger partial charge in [-0.15, -0.1) is 11.8 Å². The summed E-state index contributed by atoms with van der Waals surface area (Å²) in [7, 11) is 0. The molecule has 2 unspecified atom stereocenters. The highest BCUT2D eigenvalue weighted by molar-refractivity contribution is 8.01. The van der Waals surface area contributed by atoms with Crippen molar-refractivity contribution in [2.75, 3.05) is 5.32 Å². The third kappa shape index (κ3) is 3.71. The first-order valence-electron chi connectivity index (χ1n) is 7.39. The molecule has 2 N–H and O–H groups in total. The Morgan fingerprint density at radius 3 is 2.96 bits per heavy atom. The normalized spacial score (nSPS) is 17.8. The molecule has 0 fully saturated rings. The summed E-state index contributed by atoms with van der Waals surface area (Å²) in [6, 6.07) is 11.2. The smallest absolute Gasteiger partial charge is 0.238 e. The van der Waals surface area contributed by atoms with E-state index in [4.69, 9.17) is 0 Å². The van der Waals surface area contributed by atoms with Crippen LogP contribution in [-0.4, -0.2) is 22.0 Å². The van der Waals surface area contributed by atoms with Crippen molar-refractivity contribution >= 4 is 29.3 Å². The summed E-state index contributed by atoms with van der Waals surface area (Å²) >= 11 is 1.43. The molecular formula is C17H17N3O2S. The van der Waals surface area contributed by atoms with Crippen molar-refractivity contribution in [3.63, 3.8) is 0 Å². The average Bonchev–Trinajstić information content (AvgIpc) is 2.56. The van der Waals surface area contributed by atoms with Crippen LogP contribution in [0.1, 0.15) is 24.9 Å². The zero-order chi connectivity index (χ0) is 16.2. The lowest BCUT2D eigenvalue weighted by atomic mass is 10.1. The Balaban J connectivity index is 1.61. The second-order valence-corrected chi connectivity index (χ2v) is 6.62. The number of nitrogens with one attached hydrogen (secondary N) is 2. The molecule has 0 radical (unpaired) electrons. The molecule has 1 aliphatic rings. The van der Waals surface area contributed by atoms with Crippen LogP contribution in [0.3, 0.4) is 0 Å². The van der Waals surface area contributed by atoms with E-state index < -0.39 is 5.25 Å². The first kappa shape index (κ1) is 15.6. The number of aromatic nitrogens is 1. The fraction of sp³-hybridized carbons (Fsp3) is 0.235. The van der Waals surface area contributed by atoms with Crippen LogP contribution in [0.2, 0.25) is 0 Å². The lowest BCUT2D eigenvalue weighted by Gasteiger charge is -2.24. The Morgan fingerprint density at radius 2 is 2.17 bits per heavy atom. The summed E-state index contributed by atoms with van der Waals surface area (Å²) < 4.78 is 0. The number of carbonyl (C=O) groups excluding carboxylic acids is 2. The summed E-state index contributed by atoms with van der Waals surface area (Å²) in [5.74, 6) is -0.272. The van der Waals surface area contributed by atoms with E-state index in [-0.39, 0.29) is 24.3 Å². The van der Waals surface area contributed by atoms with E-state index in [0.717, 1.165) is 16.1 Å². The summed E-state index contributed by atoms with van der Waals surface area (Å²) in [4.78, 5) is 29.4. The third-order valence-corrected chi connectivity index (χ3v) is 4.91. The van der Waals surface area contributed by atoms with Gasteiger partial charge in [-0.1, -0.05) is 18.2 Å². The Bertz CT molecular complexity index is 721. The van der Waals surface area contributed by atoms with Gasteiger partial charge < -0.3 is 10.6 Å². The van der Waals surface area contributed by atoms with Gasteiger partial charge in [-0.05, 0) is 30.7 Å². The van der Waals surface area contributed by atoms with E-state index in [9.17, 15) is 9.59 Å². The Kier molecular flexibility index (Phi) is 4.62. The molecule has 0 saturated heterocycles. The first-order chi connectivity index (χ1) is 11.1. The summed E-state index contributed by atoms with van der Waals surface area (Å²) in [6.07, 6.45) is 3.57. The van der Waals surface area contributed by atoms with Gasteiger partial charge in [0.1, 0.15) is 0 Å². The Labute approximate surface area is 138 Å². The number of rotatable bonds is 4. The van der Waals surface area contributed by atoms with Crippen LogP contribution in [0.25, 0.3) is 0 Å². The number of fused-ring (bicyclic) bond motifs is 1. The molecule has 23 heavy (non-hydrogen) atoms. The highest BCUT2D eigenvalue weighted by Gasteiger charge is 2.29. The number of pyridine rings is 1. The van der Waals surface area contributed by atoms with Crippen molar-refractivity contribution in [3.05, 3.63) is 54.4 Å². The molecule has 5 nitrogen and oxygen atoms in total. The van der Waals surface area contributed by atoms with Gasteiger partial charge in [-0.2, -0.15) is 0 Å². The summed E-state index contributed by atoms with van der Waals surface area (Å²) in [6.45, 7) is 1.90. The van der Waals surface area contributed by atoms with Gasteiger partial charge in [0.2, 0.25) is 11.8 Å². The van der Waals surface area contributed by atoms with Crippen LogP contribution >= 0.6 is 11.8 Å². The molecule has 2 heterocycles. The maximum atomic E-state index is 12.2. The average molecular weight is 327 g/mol. The molecule has 0 aliphatic carbocycles. The van der Waals surface area contributed by atoms with E-state index in [1.165, 1.54) is 11.8 Å². The molecule has 3 rings (SSSR count). The fourth-order valence-corrected chi connectivity index (χ4v) is 3.52. The standard InChI is InChI=1S/C17H17N3O2S/c1-11(12-5-4-8-18-10-12)19-16(21)9-15-17(22)20-13-6-2-3-7-14(13)23-15/h2-8,10-11,15H,9H2,1H3,(H,19,21)(H,20,22). The molecule has 2 aromatic rings. The number of anilines is 1. The number of nitrogens with zero attached hydrogens (tertiary/aromatic N) is 1. The van der Waals surface area contributed by atoms with Gasteiger partial charge in [0.25, 0.3) is 0 Å². The number of carbonyl (C=O) groups is 2. The molecular weight excluding hydrogens is 310 g/mol. The molecule has 0 bridgehead atoms. The maximum absolute atomic E-state index is 12.2. The lowest BCUT2D eigenvalue weighted by molar-refractivity contribution is -0.124. The number of hydrogen-bond acceptors (Lipinski definition) is 4. The molecule has 2 amide bonds. The number of benzene rings is 1. The minimum absolute atomic E-state index is 0.127. The molecule has 0 spiro atoms. The van der Waals surface area contributed by atoms with Gasteiger partial charge in [0, 0.05) is 23.7 Å². The first-order valence-corrected chi connectivity index (χ1v) is 8.27. The van der Waals surface area contributed by atoms with E-state index >= 15 is 0 Å². The van der Waals surface area contributed by atoms with Crippen LogP contribution in [0.4, 0.5) is 5.69 Å². The van der Waals surface area contributed by atoms with Crippen molar-refractivity contribution in [3.8, 4) is 0 Å². The van der Waals surface area contributed by atoms with E-state index in [1.54, 1.807) is 12.4 Å². The molecule has 0 saturated carbocycles. The highest BCUT2D eigenvalue weighted by Crippen LogP contribution is 2.36. The van der Waals surface area contributed by atoms with Crippen LogP contribution in [0, 0.1) is 0 Å². The maximum Gasteiger partial charge on any atom is 0.238 e. The van der Waals surface area contributed by atoms with Gasteiger partial charge in [-0.3, -0.25) is 14.6 Å². The van der Waals surface area contributed by atoms with E-state index in [0.29, 0.717) is 0 Å². The van der Waals surface area contributed by atoms with Crippen LogP contribution in [-0.2, 0) is 9.59 Å². The highest BCUT2D eigenvalue weighted by atomic mass is 32.2. The largest absolute Gasteiger partial charge is 0.349 e. The number of hydrogen-bond donors (Lipinski definition) is 2. The zero-order valence-corrected chi connectivity index (χ0v) is 13.5. The van der Waals surface area contributed by atoms with Crippen LogP contribution in [0.15, 0.2) is 53.7 Å². The fourth-order valence-electron chi connectivity index (χ4n) is 2.41. The minimum Gasteiger partial charge on any atom is -0.349 e. The van der Waals surface area contributed by atoms with Crippen molar-refractivity contribution < 1.29 is 9.59 Å². The Morgan fingerprint density at radius 1 is 1.35 bits per heavy atom. The molecule has 6 heteroatoms. The van der Waals surface area contributed by atoms with E-state index in [2.05, 4.69) is 15.6 Å². The van der Waals surface area contributed by atoms with Gasteiger partial charge in [-0.25, -0.2) is 0 Å².